The van der Waals surface area contributed by atoms with Crippen LogP contribution in [0, 0.1) is 5.82 Å². The summed E-state index contributed by atoms with van der Waals surface area (Å²) in [6.07, 6.45) is 0.533. The number of carboxylic acid groups (broad SMARTS) is 1. The Morgan fingerprint density at radius 2 is 2.24 bits per heavy atom. The molecule has 1 aromatic carbocycles. The summed E-state index contributed by atoms with van der Waals surface area (Å²) in [5, 5.41) is 8.97. The lowest BCUT2D eigenvalue weighted by atomic mass is 9.73. The number of halogens is 1. The van der Waals surface area contributed by atoms with Crippen LogP contribution in [0.4, 0.5) is 4.39 Å². The van der Waals surface area contributed by atoms with Crippen molar-refractivity contribution in [1.29, 1.82) is 0 Å². The Morgan fingerprint density at radius 1 is 1.59 bits per heavy atom. The molecule has 17 heavy (non-hydrogen) atoms. The zero-order valence-corrected chi connectivity index (χ0v) is 10.1. The molecule has 0 aromatic heterocycles. The summed E-state index contributed by atoms with van der Waals surface area (Å²) in [4.78, 5) is 10.9. The van der Waals surface area contributed by atoms with Crippen molar-refractivity contribution in [1.82, 2.24) is 0 Å². The monoisotopic (exact) mass is 239 g/mol. The van der Waals surface area contributed by atoms with Crippen LogP contribution < -0.4 is 5.73 Å². The van der Waals surface area contributed by atoms with Gasteiger partial charge in [0.25, 0.3) is 0 Å². The van der Waals surface area contributed by atoms with Gasteiger partial charge in [-0.25, -0.2) is 4.39 Å². The largest absolute Gasteiger partial charge is 0.481 e. The lowest BCUT2D eigenvalue weighted by Gasteiger charge is -2.34. The molecule has 0 radical (unpaired) electrons. The first kappa shape index (κ1) is 13.6. The molecule has 0 heterocycles. The van der Waals surface area contributed by atoms with E-state index in [4.69, 9.17) is 10.8 Å². The van der Waals surface area contributed by atoms with E-state index < -0.39 is 11.4 Å². The number of carbonyl (C=O) groups is 1. The van der Waals surface area contributed by atoms with Gasteiger partial charge in [0, 0.05) is 11.5 Å². The molecule has 3 nitrogen and oxygen atoms in total. The van der Waals surface area contributed by atoms with Crippen molar-refractivity contribution in [2.24, 2.45) is 5.73 Å². The first-order valence-corrected chi connectivity index (χ1v) is 5.63. The van der Waals surface area contributed by atoms with E-state index in [-0.39, 0.29) is 18.3 Å². The Bertz CT molecular complexity index is 408. The molecule has 94 valence electrons. The van der Waals surface area contributed by atoms with Crippen molar-refractivity contribution in [2.75, 3.05) is 0 Å². The molecule has 0 fully saturated rings. The fraction of sp³-hybridized carbons (Fsp3) is 0.462. The zero-order valence-electron chi connectivity index (χ0n) is 10.1. The smallest absolute Gasteiger partial charge is 0.304 e. The Morgan fingerprint density at radius 3 is 2.71 bits per heavy atom. The lowest BCUT2D eigenvalue weighted by molar-refractivity contribution is -0.138. The van der Waals surface area contributed by atoms with Crippen molar-refractivity contribution < 1.29 is 14.3 Å². The van der Waals surface area contributed by atoms with Crippen LogP contribution in [-0.4, -0.2) is 17.1 Å². The van der Waals surface area contributed by atoms with Gasteiger partial charge in [0.15, 0.2) is 0 Å². The highest BCUT2D eigenvalue weighted by Crippen LogP contribution is 2.32. The van der Waals surface area contributed by atoms with Crippen LogP contribution in [0.1, 0.15) is 32.3 Å². The van der Waals surface area contributed by atoms with Gasteiger partial charge in [-0.1, -0.05) is 26.0 Å². The molecule has 0 aliphatic rings. The highest BCUT2D eigenvalue weighted by molar-refractivity contribution is 5.69. The third-order valence-electron chi connectivity index (χ3n) is 3.26. The van der Waals surface area contributed by atoms with Gasteiger partial charge in [-0.05, 0) is 24.1 Å². The third kappa shape index (κ3) is 3.03. The molecule has 0 aliphatic carbocycles. The number of carboxylic acids is 1. The summed E-state index contributed by atoms with van der Waals surface area (Å²) >= 11 is 0. The number of hydrogen-bond acceptors (Lipinski definition) is 2. The van der Waals surface area contributed by atoms with Gasteiger partial charge in [-0.15, -0.1) is 0 Å². The summed E-state index contributed by atoms with van der Waals surface area (Å²) in [7, 11) is 0. The second-order valence-corrected chi connectivity index (χ2v) is 4.51. The highest BCUT2D eigenvalue weighted by atomic mass is 19.1. The van der Waals surface area contributed by atoms with Gasteiger partial charge in [-0.3, -0.25) is 4.79 Å². The predicted molar refractivity (Wildman–Crippen MR) is 64.3 cm³/mol. The van der Waals surface area contributed by atoms with Crippen LogP contribution in [0.25, 0.3) is 0 Å². The minimum absolute atomic E-state index is 0.106. The van der Waals surface area contributed by atoms with Crippen molar-refractivity contribution in [3.05, 3.63) is 35.6 Å². The Balaban J connectivity index is 3.18. The molecular weight excluding hydrogens is 221 g/mol. The van der Waals surface area contributed by atoms with Gasteiger partial charge in [0.1, 0.15) is 5.82 Å². The normalized spacial score (nSPS) is 16.2. The summed E-state index contributed by atoms with van der Waals surface area (Å²) in [5.74, 6) is -1.30. The molecule has 2 unspecified atom stereocenters. The van der Waals surface area contributed by atoms with Gasteiger partial charge >= 0.3 is 5.97 Å². The van der Waals surface area contributed by atoms with Crippen LogP contribution in [0.15, 0.2) is 24.3 Å². The first-order chi connectivity index (χ1) is 7.90. The van der Waals surface area contributed by atoms with Crippen molar-refractivity contribution in [3.8, 4) is 0 Å². The number of benzene rings is 1. The summed E-state index contributed by atoms with van der Waals surface area (Å²) in [6, 6.07) is 5.68. The number of rotatable bonds is 5. The van der Waals surface area contributed by atoms with E-state index in [1.165, 1.54) is 12.1 Å². The minimum atomic E-state index is -0.930. The first-order valence-electron chi connectivity index (χ1n) is 5.63. The molecule has 2 atom stereocenters. The van der Waals surface area contributed by atoms with E-state index in [9.17, 15) is 9.18 Å². The average molecular weight is 239 g/mol. The van der Waals surface area contributed by atoms with E-state index in [1.54, 1.807) is 19.1 Å². The van der Waals surface area contributed by atoms with E-state index in [0.29, 0.717) is 12.0 Å². The zero-order chi connectivity index (χ0) is 13.1. The molecular formula is C13H18FNO2. The van der Waals surface area contributed by atoms with Gasteiger partial charge in [0.05, 0.1) is 6.42 Å². The third-order valence-corrected chi connectivity index (χ3v) is 3.26. The molecule has 1 aromatic rings. The van der Waals surface area contributed by atoms with Crippen LogP contribution in [0.5, 0.6) is 0 Å². The standard InChI is InChI=1S/C13H18FNO2/c1-3-11(15)13(2,8-12(16)17)9-5-4-6-10(14)7-9/h4-7,11H,3,8,15H2,1-2H3,(H,16,17). The van der Waals surface area contributed by atoms with E-state index >= 15 is 0 Å². The number of hydrogen-bond donors (Lipinski definition) is 2. The maximum Gasteiger partial charge on any atom is 0.304 e. The SMILES string of the molecule is CCC(N)C(C)(CC(=O)O)c1cccc(F)c1. The molecule has 3 N–H and O–H groups in total. The van der Waals surface area contributed by atoms with Crippen LogP contribution >= 0.6 is 0 Å². The molecule has 1 rings (SSSR count). The second-order valence-electron chi connectivity index (χ2n) is 4.51. The van der Waals surface area contributed by atoms with Gasteiger partial charge in [-0.2, -0.15) is 0 Å². The summed E-state index contributed by atoms with van der Waals surface area (Å²) in [5.41, 5.74) is 5.88. The molecule has 0 aliphatic heterocycles. The minimum Gasteiger partial charge on any atom is -0.481 e. The van der Waals surface area contributed by atoms with Crippen molar-refractivity contribution in [3.63, 3.8) is 0 Å². The molecule has 0 saturated carbocycles. The maximum absolute atomic E-state index is 13.2. The van der Waals surface area contributed by atoms with E-state index in [2.05, 4.69) is 0 Å². The number of nitrogens with two attached hydrogens (primary N) is 1. The average Bonchev–Trinajstić information content (AvgIpc) is 2.26. The fourth-order valence-electron chi connectivity index (χ4n) is 2.06. The highest BCUT2D eigenvalue weighted by Gasteiger charge is 2.35. The molecule has 0 amide bonds. The van der Waals surface area contributed by atoms with Crippen LogP contribution in [0.3, 0.4) is 0 Å². The quantitative estimate of drug-likeness (QED) is 0.828. The predicted octanol–water partition coefficient (Wildman–Crippen LogP) is 2.30. The summed E-state index contributed by atoms with van der Waals surface area (Å²) in [6.45, 7) is 3.66. The van der Waals surface area contributed by atoms with Crippen molar-refractivity contribution in [2.45, 2.75) is 38.1 Å². The lowest BCUT2D eigenvalue weighted by Crippen LogP contribution is -2.44. The van der Waals surface area contributed by atoms with Crippen LogP contribution in [0.2, 0.25) is 0 Å². The Labute approximate surface area is 100 Å². The fourth-order valence-corrected chi connectivity index (χ4v) is 2.06. The Hall–Kier alpha value is -1.42. The van der Waals surface area contributed by atoms with Crippen LogP contribution in [-0.2, 0) is 10.2 Å². The molecule has 0 spiro atoms. The van der Waals surface area contributed by atoms with Gasteiger partial charge in [0.2, 0.25) is 0 Å². The molecule has 4 heteroatoms. The van der Waals surface area contributed by atoms with E-state index in [1.807, 2.05) is 6.92 Å². The molecule has 0 saturated heterocycles. The topological polar surface area (TPSA) is 63.3 Å². The second kappa shape index (κ2) is 5.27. The Kier molecular flexibility index (Phi) is 4.23. The van der Waals surface area contributed by atoms with E-state index in [0.717, 1.165) is 0 Å². The number of aliphatic carboxylic acids is 1. The van der Waals surface area contributed by atoms with Gasteiger partial charge < -0.3 is 10.8 Å². The summed E-state index contributed by atoms with van der Waals surface area (Å²) < 4.78 is 13.2. The van der Waals surface area contributed by atoms with Crippen molar-refractivity contribution >= 4 is 5.97 Å². The molecule has 0 bridgehead atoms. The maximum atomic E-state index is 13.2.